The van der Waals surface area contributed by atoms with E-state index in [1.807, 2.05) is 13.8 Å². The molecule has 1 aromatic carbocycles. The number of rotatable bonds is 2. The molecule has 0 aliphatic rings. The van der Waals surface area contributed by atoms with Crippen LogP contribution in [0.3, 0.4) is 0 Å². The number of imidazole rings is 1. The van der Waals surface area contributed by atoms with E-state index in [0.29, 0.717) is 31.3 Å². The van der Waals surface area contributed by atoms with Crippen LogP contribution in [0, 0.1) is 25.2 Å². The zero-order chi connectivity index (χ0) is 15.9. The molecular weight excluding hydrogens is 341 g/mol. The Morgan fingerprint density at radius 3 is 2.73 bits per heavy atom. The second-order valence-corrected chi connectivity index (χ2v) is 6.45. The van der Waals surface area contributed by atoms with Gasteiger partial charge in [-0.15, -0.1) is 5.10 Å². The fourth-order valence-corrected chi connectivity index (χ4v) is 3.35. The quantitative estimate of drug-likeness (QED) is 0.746. The number of aromatic nitrogens is 4. The summed E-state index contributed by atoms with van der Waals surface area (Å²) in [7, 11) is 0. The van der Waals surface area contributed by atoms with Crippen LogP contribution in [0.4, 0.5) is 0 Å². The summed E-state index contributed by atoms with van der Waals surface area (Å²) in [6.45, 7) is 3.67. The average Bonchev–Trinajstić information content (AvgIpc) is 2.86. The summed E-state index contributed by atoms with van der Waals surface area (Å²) in [5.41, 5.74) is 3.42. The number of nitrogens with one attached hydrogen (secondary N) is 1. The number of H-pyrrole nitrogens is 1. The Morgan fingerprint density at radius 1 is 1.23 bits per heavy atom. The van der Waals surface area contributed by atoms with Crippen LogP contribution >= 0.6 is 35.0 Å². The number of hydrogen-bond donors (Lipinski definition) is 1. The van der Waals surface area contributed by atoms with Gasteiger partial charge in [0.05, 0.1) is 21.8 Å². The number of fused-ring (bicyclic) bond motifs is 1. The van der Waals surface area contributed by atoms with Gasteiger partial charge in [-0.05, 0) is 43.3 Å². The van der Waals surface area contributed by atoms with Crippen LogP contribution in [-0.4, -0.2) is 20.2 Å². The first-order valence-corrected chi connectivity index (χ1v) is 7.83. The minimum atomic E-state index is 0.470. The molecular formula is C14H9Cl2N5S. The van der Waals surface area contributed by atoms with Crippen LogP contribution < -0.4 is 0 Å². The predicted octanol–water partition coefficient (Wildman–Crippen LogP) is 4.30. The van der Waals surface area contributed by atoms with Crippen molar-refractivity contribution in [1.29, 1.82) is 5.26 Å². The fourth-order valence-electron chi connectivity index (χ4n) is 1.95. The van der Waals surface area contributed by atoms with Gasteiger partial charge in [-0.25, -0.2) is 4.98 Å². The van der Waals surface area contributed by atoms with Gasteiger partial charge in [-0.2, -0.15) is 10.4 Å². The van der Waals surface area contributed by atoms with Crippen molar-refractivity contribution in [3.05, 3.63) is 39.0 Å². The van der Waals surface area contributed by atoms with E-state index in [-0.39, 0.29) is 0 Å². The molecule has 0 unspecified atom stereocenters. The molecule has 0 aliphatic heterocycles. The lowest BCUT2D eigenvalue weighted by atomic mass is 10.1. The molecule has 110 valence electrons. The topological polar surface area (TPSA) is 78.2 Å². The van der Waals surface area contributed by atoms with Crippen molar-refractivity contribution >= 4 is 46.0 Å². The second-order valence-electron chi connectivity index (χ2n) is 4.63. The number of aromatic amines is 1. The Labute approximate surface area is 140 Å². The van der Waals surface area contributed by atoms with Crippen LogP contribution in [0.2, 0.25) is 10.0 Å². The van der Waals surface area contributed by atoms with Crippen LogP contribution in [0.5, 0.6) is 0 Å². The van der Waals surface area contributed by atoms with Crippen molar-refractivity contribution in [3.8, 4) is 6.07 Å². The smallest absolute Gasteiger partial charge is 0.172 e. The van der Waals surface area contributed by atoms with Gasteiger partial charge in [0, 0.05) is 5.02 Å². The molecule has 5 nitrogen and oxygen atoms in total. The molecule has 0 aliphatic carbocycles. The molecule has 0 radical (unpaired) electrons. The highest BCUT2D eigenvalue weighted by atomic mass is 35.5. The zero-order valence-electron chi connectivity index (χ0n) is 11.6. The molecule has 0 bridgehead atoms. The maximum absolute atomic E-state index is 9.32. The third kappa shape index (κ3) is 2.63. The normalized spacial score (nSPS) is 10.9. The van der Waals surface area contributed by atoms with Crippen molar-refractivity contribution in [2.24, 2.45) is 0 Å². The standard InChI is InChI=1S/C14H9Cl2N5S/c1-6-7(2)20-21-13(9(6)5-17)22-14-18-11-4-8(15)3-10(16)12(11)19-14/h3-4H,1-2H3,(H,18,19). The van der Waals surface area contributed by atoms with Crippen molar-refractivity contribution in [1.82, 2.24) is 20.2 Å². The van der Waals surface area contributed by atoms with Gasteiger partial charge in [-0.3, -0.25) is 0 Å². The largest absolute Gasteiger partial charge is 0.332 e. The van der Waals surface area contributed by atoms with Gasteiger partial charge in [0.15, 0.2) is 5.16 Å². The molecule has 0 saturated heterocycles. The van der Waals surface area contributed by atoms with Crippen molar-refractivity contribution < 1.29 is 0 Å². The van der Waals surface area contributed by atoms with E-state index in [2.05, 4.69) is 26.2 Å². The molecule has 2 heterocycles. The highest BCUT2D eigenvalue weighted by molar-refractivity contribution is 7.99. The molecule has 0 atom stereocenters. The summed E-state index contributed by atoms with van der Waals surface area (Å²) in [6, 6.07) is 5.55. The molecule has 8 heteroatoms. The van der Waals surface area contributed by atoms with Crippen LogP contribution in [0.15, 0.2) is 22.3 Å². The van der Waals surface area contributed by atoms with Crippen molar-refractivity contribution in [2.45, 2.75) is 24.0 Å². The Morgan fingerprint density at radius 2 is 2.00 bits per heavy atom. The number of nitriles is 1. The average molecular weight is 350 g/mol. The maximum atomic E-state index is 9.32. The second kappa shape index (κ2) is 5.76. The third-order valence-corrected chi connectivity index (χ3v) is 4.58. The van der Waals surface area contributed by atoms with Gasteiger partial charge < -0.3 is 4.98 Å². The van der Waals surface area contributed by atoms with Gasteiger partial charge in [0.2, 0.25) is 0 Å². The van der Waals surface area contributed by atoms with E-state index in [4.69, 9.17) is 23.2 Å². The maximum Gasteiger partial charge on any atom is 0.172 e. The van der Waals surface area contributed by atoms with E-state index in [1.54, 1.807) is 12.1 Å². The first-order valence-electron chi connectivity index (χ1n) is 6.26. The lowest BCUT2D eigenvalue weighted by molar-refractivity contribution is 0.868. The molecule has 0 saturated carbocycles. The first-order chi connectivity index (χ1) is 10.5. The number of nitrogens with zero attached hydrogens (tertiary/aromatic N) is 4. The fraction of sp³-hybridized carbons (Fsp3) is 0.143. The van der Waals surface area contributed by atoms with Crippen LogP contribution in [0.25, 0.3) is 11.0 Å². The van der Waals surface area contributed by atoms with Gasteiger partial charge in [-0.1, -0.05) is 23.2 Å². The highest BCUT2D eigenvalue weighted by Gasteiger charge is 2.15. The van der Waals surface area contributed by atoms with Gasteiger partial charge in [0.25, 0.3) is 0 Å². The SMILES string of the molecule is Cc1nnc(Sc2nc3c(Cl)cc(Cl)cc3[nH]2)c(C#N)c1C. The number of aryl methyl sites for hydroxylation is 1. The molecule has 0 amide bonds. The summed E-state index contributed by atoms with van der Waals surface area (Å²) < 4.78 is 0. The highest BCUT2D eigenvalue weighted by Crippen LogP contribution is 2.32. The van der Waals surface area contributed by atoms with Gasteiger partial charge >= 0.3 is 0 Å². The Kier molecular flexibility index (Phi) is 3.96. The molecule has 1 N–H and O–H groups in total. The van der Waals surface area contributed by atoms with Crippen LogP contribution in [0.1, 0.15) is 16.8 Å². The van der Waals surface area contributed by atoms with E-state index < -0.39 is 0 Å². The lowest BCUT2D eigenvalue weighted by Crippen LogP contribution is -1.98. The number of benzene rings is 1. The Hall–Kier alpha value is -1.81. The lowest BCUT2D eigenvalue weighted by Gasteiger charge is -2.04. The van der Waals surface area contributed by atoms with Crippen molar-refractivity contribution in [3.63, 3.8) is 0 Å². The minimum absolute atomic E-state index is 0.470. The number of halogens is 2. The third-order valence-electron chi connectivity index (χ3n) is 3.21. The van der Waals surface area contributed by atoms with E-state index >= 15 is 0 Å². The molecule has 2 aromatic heterocycles. The summed E-state index contributed by atoms with van der Waals surface area (Å²) in [6.07, 6.45) is 0. The summed E-state index contributed by atoms with van der Waals surface area (Å²) >= 11 is 13.3. The molecule has 3 aromatic rings. The predicted molar refractivity (Wildman–Crippen MR) is 86.5 cm³/mol. The monoisotopic (exact) mass is 349 g/mol. The Bertz CT molecular complexity index is 929. The van der Waals surface area contributed by atoms with Crippen molar-refractivity contribution in [2.75, 3.05) is 0 Å². The summed E-state index contributed by atoms with van der Waals surface area (Å²) in [5, 5.41) is 19.5. The van der Waals surface area contributed by atoms with Crippen LogP contribution in [-0.2, 0) is 0 Å². The number of hydrogen-bond acceptors (Lipinski definition) is 5. The Balaban J connectivity index is 2.06. The van der Waals surface area contributed by atoms with E-state index in [0.717, 1.165) is 16.8 Å². The molecule has 0 spiro atoms. The summed E-state index contributed by atoms with van der Waals surface area (Å²) in [4.78, 5) is 7.53. The van der Waals surface area contributed by atoms with E-state index in [1.165, 1.54) is 11.8 Å². The molecule has 3 rings (SSSR count). The molecule has 22 heavy (non-hydrogen) atoms. The van der Waals surface area contributed by atoms with E-state index in [9.17, 15) is 5.26 Å². The minimum Gasteiger partial charge on any atom is -0.332 e. The summed E-state index contributed by atoms with van der Waals surface area (Å²) in [5.74, 6) is 0. The zero-order valence-corrected chi connectivity index (χ0v) is 13.9. The first kappa shape index (κ1) is 15.1. The van der Waals surface area contributed by atoms with Gasteiger partial charge in [0.1, 0.15) is 16.6 Å². The molecule has 0 fully saturated rings.